The first-order valence-electron chi connectivity index (χ1n) is 6.79. The van der Waals surface area contributed by atoms with Crippen LogP contribution >= 0.6 is 0 Å². The Morgan fingerprint density at radius 3 is 3.05 bits per heavy atom. The Morgan fingerprint density at radius 2 is 2.29 bits per heavy atom. The van der Waals surface area contributed by atoms with Gasteiger partial charge in [0.05, 0.1) is 6.33 Å². The van der Waals surface area contributed by atoms with Crippen LogP contribution < -0.4 is 10.6 Å². The molecule has 1 aromatic carbocycles. The van der Waals surface area contributed by atoms with Gasteiger partial charge in [0.1, 0.15) is 5.69 Å². The SMILES string of the molecule is Cc1cccc(NC(=O)c2ncn3c2C(=O)NC[C@H]3C)c1. The maximum atomic E-state index is 12.3. The second kappa shape index (κ2) is 5.05. The van der Waals surface area contributed by atoms with E-state index in [2.05, 4.69) is 15.6 Å². The summed E-state index contributed by atoms with van der Waals surface area (Å²) in [5.74, 6) is -0.640. The van der Waals surface area contributed by atoms with Gasteiger partial charge >= 0.3 is 0 Å². The second-order valence-electron chi connectivity index (χ2n) is 5.23. The average molecular weight is 284 g/mol. The molecule has 0 spiro atoms. The number of nitrogens with zero attached hydrogens (tertiary/aromatic N) is 2. The molecule has 2 aromatic rings. The zero-order chi connectivity index (χ0) is 15.0. The molecule has 0 bridgehead atoms. The number of imidazole rings is 1. The van der Waals surface area contributed by atoms with Crippen molar-refractivity contribution >= 4 is 17.5 Å². The fraction of sp³-hybridized carbons (Fsp3) is 0.267. The first-order valence-corrected chi connectivity index (χ1v) is 6.79. The van der Waals surface area contributed by atoms with E-state index in [9.17, 15) is 9.59 Å². The van der Waals surface area contributed by atoms with Gasteiger partial charge in [0.25, 0.3) is 11.8 Å². The van der Waals surface area contributed by atoms with E-state index in [0.717, 1.165) is 5.56 Å². The fourth-order valence-corrected chi connectivity index (χ4v) is 2.42. The van der Waals surface area contributed by atoms with Crippen molar-refractivity contribution in [3.8, 4) is 0 Å². The predicted molar refractivity (Wildman–Crippen MR) is 78.4 cm³/mol. The summed E-state index contributed by atoms with van der Waals surface area (Å²) in [7, 11) is 0. The molecule has 1 aromatic heterocycles. The van der Waals surface area contributed by atoms with Crippen molar-refractivity contribution in [2.24, 2.45) is 0 Å². The molecule has 2 N–H and O–H groups in total. The van der Waals surface area contributed by atoms with Gasteiger partial charge < -0.3 is 15.2 Å². The van der Waals surface area contributed by atoms with E-state index in [0.29, 0.717) is 17.9 Å². The summed E-state index contributed by atoms with van der Waals surface area (Å²) >= 11 is 0. The zero-order valence-corrected chi connectivity index (χ0v) is 11.9. The largest absolute Gasteiger partial charge is 0.349 e. The monoisotopic (exact) mass is 284 g/mol. The number of anilines is 1. The van der Waals surface area contributed by atoms with E-state index < -0.39 is 0 Å². The number of amides is 2. The first-order chi connectivity index (χ1) is 10.1. The van der Waals surface area contributed by atoms with Gasteiger partial charge in [0, 0.05) is 18.3 Å². The standard InChI is InChI=1S/C15H16N4O2/c1-9-4-3-5-11(6-9)18-14(20)12-13-15(21)16-7-10(2)19(13)8-17-12/h3-6,8,10H,7H2,1-2H3,(H,16,21)(H,18,20)/t10-/m1/s1. The van der Waals surface area contributed by atoms with Crippen molar-refractivity contribution in [1.29, 1.82) is 0 Å². The summed E-state index contributed by atoms with van der Waals surface area (Å²) in [5, 5.41) is 5.54. The highest BCUT2D eigenvalue weighted by Gasteiger charge is 2.29. The smallest absolute Gasteiger partial charge is 0.276 e. The van der Waals surface area contributed by atoms with Gasteiger partial charge in [0.2, 0.25) is 0 Å². The molecule has 0 saturated carbocycles. The topological polar surface area (TPSA) is 76.0 Å². The number of carbonyl (C=O) groups excluding carboxylic acids is 2. The van der Waals surface area contributed by atoms with Gasteiger partial charge in [-0.15, -0.1) is 0 Å². The van der Waals surface area contributed by atoms with E-state index in [1.54, 1.807) is 17.0 Å². The molecule has 3 rings (SSSR count). The molecule has 0 unspecified atom stereocenters. The molecular formula is C15H16N4O2. The van der Waals surface area contributed by atoms with Crippen LogP contribution in [0.1, 0.15) is 39.5 Å². The Hall–Kier alpha value is -2.63. The van der Waals surface area contributed by atoms with Crippen molar-refractivity contribution in [3.05, 3.63) is 47.5 Å². The highest BCUT2D eigenvalue weighted by atomic mass is 16.2. The molecule has 0 saturated heterocycles. The molecule has 6 nitrogen and oxygen atoms in total. The third-order valence-corrected chi connectivity index (χ3v) is 3.53. The molecule has 2 amide bonds. The predicted octanol–water partition coefficient (Wildman–Crippen LogP) is 1.75. The minimum Gasteiger partial charge on any atom is -0.349 e. The molecule has 21 heavy (non-hydrogen) atoms. The number of nitrogens with one attached hydrogen (secondary N) is 2. The van der Waals surface area contributed by atoms with Crippen LogP contribution in [-0.4, -0.2) is 27.9 Å². The van der Waals surface area contributed by atoms with E-state index in [4.69, 9.17) is 0 Å². The second-order valence-corrected chi connectivity index (χ2v) is 5.23. The molecule has 1 aliphatic rings. The molecule has 108 valence electrons. The lowest BCUT2D eigenvalue weighted by Crippen LogP contribution is -2.38. The van der Waals surface area contributed by atoms with Crippen LogP contribution in [0.2, 0.25) is 0 Å². The van der Waals surface area contributed by atoms with Crippen LogP contribution in [0.5, 0.6) is 0 Å². The fourth-order valence-electron chi connectivity index (χ4n) is 2.42. The van der Waals surface area contributed by atoms with Gasteiger partial charge in [-0.3, -0.25) is 9.59 Å². The quantitative estimate of drug-likeness (QED) is 0.882. The summed E-state index contributed by atoms with van der Waals surface area (Å²) in [6.45, 7) is 4.46. The van der Waals surface area contributed by atoms with Crippen LogP contribution in [0.25, 0.3) is 0 Å². The Kier molecular flexibility index (Phi) is 3.21. The first kappa shape index (κ1) is 13.4. The van der Waals surface area contributed by atoms with E-state index in [-0.39, 0.29) is 23.6 Å². The van der Waals surface area contributed by atoms with E-state index in [1.807, 2.05) is 32.0 Å². The molecule has 1 atom stereocenters. The summed E-state index contributed by atoms with van der Waals surface area (Å²) in [6, 6.07) is 7.57. The molecular weight excluding hydrogens is 268 g/mol. The van der Waals surface area contributed by atoms with Crippen molar-refractivity contribution in [2.75, 3.05) is 11.9 Å². The number of aromatic nitrogens is 2. The van der Waals surface area contributed by atoms with Crippen molar-refractivity contribution in [3.63, 3.8) is 0 Å². The van der Waals surface area contributed by atoms with Gasteiger partial charge in [-0.25, -0.2) is 4.98 Å². The van der Waals surface area contributed by atoms with Crippen molar-refractivity contribution < 1.29 is 9.59 Å². The summed E-state index contributed by atoms with van der Waals surface area (Å²) < 4.78 is 1.74. The lowest BCUT2D eigenvalue weighted by Gasteiger charge is -2.22. The molecule has 0 aliphatic carbocycles. The maximum Gasteiger partial charge on any atom is 0.276 e. The van der Waals surface area contributed by atoms with Gasteiger partial charge in [-0.1, -0.05) is 12.1 Å². The summed E-state index contributed by atoms with van der Waals surface area (Å²) in [4.78, 5) is 28.4. The van der Waals surface area contributed by atoms with Crippen molar-refractivity contribution in [2.45, 2.75) is 19.9 Å². The van der Waals surface area contributed by atoms with E-state index in [1.165, 1.54) is 0 Å². The molecule has 1 aliphatic heterocycles. The number of fused-ring (bicyclic) bond motifs is 1. The maximum absolute atomic E-state index is 12.3. The lowest BCUT2D eigenvalue weighted by molar-refractivity contribution is 0.0906. The lowest BCUT2D eigenvalue weighted by atomic mass is 10.2. The van der Waals surface area contributed by atoms with Gasteiger partial charge in [0.15, 0.2) is 5.69 Å². The summed E-state index contributed by atoms with van der Waals surface area (Å²) in [6.07, 6.45) is 1.55. The molecule has 0 fully saturated rings. The number of hydrogen-bond donors (Lipinski definition) is 2. The van der Waals surface area contributed by atoms with Crippen LogP contribution in [-0.2, 0) is 0 Å². The normalized spacial score (nSPS) is 17.0. The number of benzene rings is 1. The van der Waals surface area contributed by atoms with Crippen LogP contribution in [0, 0.1) is 6.92 Å². The van der Waals surface area contributed by atoms with Crippen LogP contribution in [0.4, 0.5) is 5.69 Å². The molecule has 6 heteroatoms. The Bertz CT molecular complexity index is 720. The molecule has 2 heterocycles. The highest BCUT2D eigenvalue weighted by molar-refractivity contribution is 6.10. The van der Waals surface area contributed by atoms with Crippen molar-refractivity contribution in [1.82, 2.24) is 14.9 Å². The van der Waals surface area contributed by atoms with E-state index >= 15 is 0 Å². The highest BCUT2D eigenvalue weighted by Crippen LogP contribution is 2.19. The Balaban J connectivity index is 1.91. The van der Waals surface area contributed by atoms with Gasteiger partial charge in [-0.05, 0) is 31.5 Å². The third-order valence-electron chi connectivity index (χ3n) is 3.53. The zero-order valence-electron chi connectivity index (χ0n) is 11.9. The minimum atomic E-state index is -0.376. The number of rotatable bonds is 2. The van der Waals surface area contributed by atoms with Crippen LogP contribution in [0.15, 0.2) is 30.6 Å². The number of aryl methyl sites for hydroxylation is 1. The number of carbonyl (C=O) groups is 2. The average Bonchev–Trinajstić information content (AvgIpc) is 2.89. The number of hydrogen-bond acceptors (Lipinski definition) is 3. The van der Waals surface area contributed by atoms with Crippen LogP contribution in [0.3, 0.4) is 0 Å². The summed E-state index contributed by atoms with van der Waals surface area (Å²) in [5.41, 5.74) is 2.21. The molecule has 0 radical (unpaired) electrons. The minimum absolute atomic E-state index is 0.0886. The Morgan fingerprint density at radius 1 is 1.48 bits per heavy atom. The Labute approximate surface area is 122 Å². The third kappa shape index (κ3) is 2.40. The van der Waals surface area contributed by atoms with Gasteiger partial charge in [-0.2, -0.15) is 0 Å².